The molecular formula is C21H22ClN3O. The molecule has 1 fully saturated rings. The number of hydrogen-bond acceptors (Lipinski definition) is 3. The van der Waals surface area contributed by atoms with Crippen LogP contribution in [0.5, 0.6) is 0 Å². The van der Waals surface area contributed by atoms with Gasteiger partial charge in [0.05, 0.1) is 19.0 Å². The van der Waals surface area contributed by atoms with E-state index in [-0.39, 0.29) is 11.9 Å². The van der Waals surface area contributed by atoms with E-state index in [0.29, 0.717) is 19.5 Å². The van der Waals surface area contributed by atoms with Crippen molar-refractivity contribution in [1.82, 2.24) is 4.90 Å². The SMILES string of the molecule is N#CCCN(C(=O)CN1CCC[C@H]1c1ccccc1Cl)c1ccccc1. The first-order valence-corrected chi connectivity index (χ1v) is 9.29. The van der Waals surface area contributed by atoms with Gasteiger partial charge in [0.1, 0.15) is 0 Å². The van der Waals surface area contributed by atoms with Gasteiger partial charge in [0.2, 0.25) is 5.91 Å². The molecule has 2 aromatic rings. The Balaban J connectivity index is 1.76. The number of anilines is 1. The van der Waals surface area contributed by atoms with Crippen LogP contribution in [0.4, 0.5) is 5.69 Å². The van der Waals surface area contributed by atoms with Crippen molar-refractivity contribution < 1.29 is 4.79 Å². The zero-order chi connectivity index (χ0) is 18.4. The van der Waals surface area contributed by atoms with E-state index in [4.69, 9.17) is 16.9 Å². The molecule has 134 valence electrons. The summed E-state index contributed by atoms with van der Waals surface area (Å²) in [4.78, 5) is 16.9. The first kappa shape index (κ1) is 18.4. The van der Waals surface area contributed by atoms with Crippen molar-refractivity contribution in [2.45, 2.75) is 25.3 Å². The maximum absolute atomic E-state index is 13.0. The van der Waals surface area contributed by atoms with Crippen LogP contribution in [0.3, 0.4) is 0 Å². The fourth-order valence-electron chi connectivity index (χ4n) is 3.54. The van der Waals surface area contributed by atoms with Gasteiger partial charge in [0, 0.05) is 23.3 Å². The van der Waals surface area contributed by atoms with E-state index in [1.54, 1.807) is 4.90 Å². The average Bonchev–Trinajstić information content (AvgIpc) is 3.11. The topological polar surface area (TPSA) is 47.3 Å². The van der Waals surface area contributed by atoms with Crippen LogP contribution in [-0.4, -0.2) is 30.4 Å². The van der Waals surface area contributed by atoms with E-state index < -0.39 is 0 Å². The number of hydrogen-bond donors (Lipinski definition) is 0. The summed E-state index contributed by atoms with van der Waals surface area (Å²) in [5.74, 6) is 0.0189. The van der Waals surface area contributed by atoms with Crippen molar-refractivity contribution in [1.29, 1.82) is 5.26 Å². The first-order valence-electron chi connectivity index (χ1n) is 8.91. The predicted molar refractivity (Wildman–Crippen MR) is 104 cm³/mol. The molecule has 5 heteroatoms. The zero-order valence-electron chi connectivity index (χ0n) is 14.6. The molecule has 1 aliphatic rings. The highest BCUT2D eigenvalue weighted by atomic mass is 35.5. The number of benzene rings is 2. The molecule has 0 bridgehead atoms. The lowest BCUT2D eigenvalue weighted by Crippen LogP contribution is -2.40. The number of rotatable bonds is 6. The summed E-state index contributed by atoms with van der Waals surface area (Å²) in [6, 6.07) is 19.7. The smallest absolute Gasteiger partial charge is 0.241 e. The number of carbonyl (C=O) groups excluding carboxylic acids is 1. The van der Waals surface area contributed by atoms with Crippen LogP contribution in [0.2, 0.25) is 5.02 Å². The minimum atomic E-state index is 0.0189. The number of halogens is 1. The third-order valence-electron chi connectivity index (χ3n) is 4.78. The molecule has 4 nitrogen and oxygen atoms in total. The Labute approximate surface area is 159 Å². The van der Waals surface area contributed by atoms with E-state index in [2.05, 4.69) is 11.0 Å². The summed E-state index contributed by atoms with van der Waals surface area (Å²) in [5, 5.41) is 9.69. The fourth-order valence-corrected chi connectivity index (χ4v) is 3.80. The van der Waals surface area contributed by atoms with Crippen LogP contribution in [0.15, 0.2) is 54.6 Å². The Morgan fingerprint density at radius 1 is 1.19 bits per heavy atom. The Hall–Kier alpha value is -2.35. The number of nitrogens with zero attached hydrogens (tertiary/aromatic N) is 3. The molecule has 0 saturated carbocycles. The van der Waals surface area contributed by atoms with Gasteiger partial charge < -0.3 is 4.90 Å². The highest BCUT2D eigenvalue weighted by Gasteiger charge is 2.30. The van der Waals surface area contributed by atoms with Crippen molar-refractivity contribution >= 4 is 23.2 Å². The Kier molecular flexibility index (Phi) is 6.27. The van der Waals surface area contributed by atoms with E-state index in [9.17, 15) is 4.79 Å². The van der Waals surface area contributed by atoms with Gasteiger partial charge in [-0.15, -0.1) is 0 Å². The summed E-state index contributed by atoms with van der Waals surface area (Å²) in [7, 11) is 0. The normalized spacial score (nSPS) is 17.0. The van der Waals surface area contributed by atoms with Gasteiger partial charge in [-0.1, -0.05) is 48.0 Å². The monoisotopic (exact) mass is 367 g/mol. The summed E-state index contributed by atoms with van der Waals surface area (Å²) in [6.07, 6.45) is 2.36. The zero-order valence-corrected chi connectivity index (χ0v) is 15.4. The van der Waals surface area contributed by atoms with Crippen LogP contribution in [0.1, 0.15) is 30.9 Å². The molecule has 1 amide bonds. The van der Waals surface area contributed by atoms with E-state index in [1.165, 1.54) is 0 Å². The van der Waals surface area contributed by atoms with Gasteiger partial charge in [-0.2, -0.15) is 5.26 Å². The Bertz CT molecular complexity index is 787. The van der Waals surface area contributed by atoms with Crippen LogP contribution >= 0.6 is 11.6 Å². The molecule has 2 aromatic carbocycles. The van der Waals surface area contributed by atoms with Gasteiger partial charge in [-0.25, -0.2) is 0 Å². The quantitative estimate of drug-likeness (QED) is 0.759. The highest BCUT2D eigenvalue weighted by molar-refractivity contribution is 6.31. The summed E-state index contributed by atoms with van der Waals surface area (Å²) in [6.45, 7) is 1.61. The lowest BCUT2D eigenvalue weighted by molar-refractivity contribution is -0.120. The van der Waals surface area contributed by atoms with Gasteiger partial charge in [-0.3, -0.25) is 9.69 Å². The Morgan fingerprint density at radius 2 is 1.92 bits per heavy atom. The number of likely N-dealkylation sites (tertiary alicyclic amines) is 1. The van der Waals surface area contributed by atoms with Gasteiger partial charge >= 0.3 is 0 Å². The first-order chi connectivity index (χ1) is 12.7. The largest absolute Gasteiger partial charge is 0.310 e. The van der Waals surface area contributed by atoms with Crippen LogP contribution in [0, 0.1) is 11.3 Å². The molecule has 0 aromatic heterocycles. The number of nitriles is 1. The van der Waals surface area contributed by atoms with Crippen LogP contribution < -0.4 is 4.90 Å². The lowest BCUT2D eigenvalue weighted by atomic mass is 10.0. The maximum Gasteiger partial charge on any atom is 0.241 e. The van der Waals surface area contributed by atoms with Crippen LogP contribution in [-0.2, 0) is 4.79 Å². The molecule has 1 saturated heterocycles. The van der Waals surface area contributed by atoms with E-state index in [1.807, 2.05) is 54.6 Å². The molecule has 0 radical (unpaired) electrons. The average molecular weight is 368 g/mol. The second-order valence-corrected chi connectivity index (χ2v) is 6.85. The fraction of sp³-hybridized carbons (Fsp3) is 0.333. The molecule has 0 N–H and O–H groups in total. The molecule has 26 heavy (non-hydrogen) atoms. The minimum absolute atomic E-state index is 0.0189. The van der Waals surface area contributed by atoms with Gasteiger partial charge in [0.15, 0.2) is 0 Å². The Morgan fingerprint density at radius 3 is 2.65 bits per heavy atom. The second kappa shape index (κ2) is 8.84. The number of amides is 1. The molecule has 0 aliphatic carbocycles. The molecule has 1 aliphatic heterocycles. The van der Waals surface area contributed by atoms with Crippen molar-refractivity contribution in [3.05, 3.63) is 65.2 Å². The second-order valence-electron chi connectivity index (χ2n) is 6.44. The van der Waals surface area contributed by atoms with E-state index in [0.717, 1.165) is 35.7 Å². The van der Waals surface area contributed by atoms with Gasteiger partial charge in [-0.05, 0) is 43.1 Å². The molecule has 3 rings (SSSR count). The van der Waals surface area contributed by atoms with Crippen molar-refractivity contribution in [3.63, 3.8) is 0 Å². The van der Waals surface area contributed by atoms with E-state index >= 15 is 0 Å². The summed E-state index contributed by atoms with van der Waals surface area (Å²) in [5.41, 5.74) is 1.92. The molecule has 1 heterocycles. The summed E-state index contributed by atoms with van der Waals surface area (Å²) >= 11 is 6.38. The number of para-hydroxylation sites is 1. The minimum Gasteiger partial charge on any atom is -0.310 e. The molecule has 0 spiro atoms. The predicted octanol–water partition coefficient (Wildman–Crippen LogP) is 4.42. The third-order valence-corrected chi connectivity index (χ3v) is 5.13. The maximum atomic E-state index is 13.0. The lowest BCUT2D eigenvalue weighted by Gasteiger charge is -2.29. The van der Waals surface area contributed by atoms with Crippen molar-refractivity contribution in [2.24, 2.45) is 0 Å². The standard InChI is InChI=1S/C21H22ClN3O/c22-19-11-5-4-10-18(19)20-12-6-14-24(20)16-21(26)25(15-7-13-23)17-8-2-1-3-9-17/h1-5,8-11,20H,6-7,12,14-16H2/t20-/m0/s1. The van der Waals surface area contributed by atoms with Crippen molar-refractivity contribution in [2.75, 3.05) is 24.5 Å². The molecule has 1 atom stereocenters. The highest BCUT2D eigenvalue weighted by Crippen LogP contribution is 2.35. The molecular weight excluding hydrogens is 346 g/mol. The van der Waals surface area contributed by atoms with Crippen LogP contribution in [0.25, 0.3) is 0 Å². The third kappa shape index (κ3) is 4.24. The van der Waals surface area contributed by atoms with Gasteiger partial charge in [0.25, 0.3) is 0 Å². The molecule has 0 unspecified atom stereocenters. The number of carbonyl (C=O) groups is 1. The van der Waals surface area contributed by atoms with Crippen molar-refractivity contribution in [3.8, 4) is 6.07 Å². The summed E-state index contributed by atoms with van der Waals surface area (Å²) < 4.78 is 0.